The summed E-state index contributed by atoms with van der Waals surface area (Å²) in [6.45, 7) is 4.20. The molecule has 1 saturated heterocycles. The van der Waals surface area contributed by atoms with Gasteiger partial charge in [0.15, 0.2) is 0 Å². The number of nitrogens with zero attached hydrogens (tertiary/aromatic N) is 1. The van der Waals surface area contributed by atoms with Gasteiger partial charge < -0.3 is 15.0 Å². The molecule has 4 heteroatoms. The molecule has 1 aliphatic heterocycles. The van der Waals surface area contributed by atoms with Crippen LogP contribution >= 0.6 is 0 Å². The molecular weight excluding hydrogens is 231 g/mol. The van der Waals surface area contributed by atoms with Crippen molar-refractivity contribution in [2.24, 2.45) is 0 Å². The third-order valence-electron chi connectivity index (χ3n) is 3.27. The van der Waals surface area contributed by atoms with Crippen molar-refractivity contribution >= 4 is 5.69 Å². The molecule has 0 aliphatic carbocycles. The van der Waals surface area contributed by atoms with Crippen molar-refractivity contribution in [2.45, 2.75) is 19.4 Å². The van der Waals surface area contributed by atoms with E-state index in [1.165, 1.54) is 0 Å². The Bertz CT molecular complexity index is 378. The van der Waals surface area contributed by atoms with Crippen molar-refractivity contribution in [3.63, 3.8) is 0 Å². The zero-order chi connectivity index (χ0) is 12.8. The Hall–Kier alpha value is -1.13. The van der Waals surface area contributed by atoms with Crippen molar-refractivity contribution in [1.82, 2.24) is 5.32 Å². The average Bonchev–Trinajstić information content (AvgIpc) is 2.90. The molecule has 0 atom stereocenters. The second-order valence-electron chi connectivity index (χ2n) is 4.65. The Morgan fingerprint density at radius 3 is 2.83 bits per heavy atom. The van der Waals surface area contributed by atoms with Crippen LogP contribution in [0.25, 0.3) is 0 Å². The molecule has 0 amide bonds. The van der Waals surface area contributed by atoms with Gasteiger partial charge in [0.05, 0.1) is 12.3 Å². The average molecular weight is 252 g/mol. The Morgan fingerprint density at radius 2 is 2.11 bits per heavy atom. The second kappa shape index (κ2) is 6.71. The first-order valence-corrected chi connectivity index (χ1v) is 6.54. The van der Waals surface area contributed by atoms with Crippen LogP contribution in [0.15, 0.2) is 18.2 Å². The van der Waals surface area contributed by atoms with Crippen LogP contribution in [0.5, 0.6) is 0 Å². The number of nitrogens with one attached hydrogen (secondary N) is 1. The van der Waals surface area contributed by atoms with Gasteiger partial charge in [-0.3, -0.25) is 0 Å². The van der Waals surface area contributed by atoms with Gasteiger partial charge in [0.1, 0.15) is 5.82 Å². The van der Waals surface area contributed by atoms with Gasteiger partial charge >= 0.3 is 0 Å². The zero-order valence-electron chi connectivity index (χ0n) is 10.9. The Morgan fingerprint density at radius 1 is 1.33 bits per heavy atom. The highest BCUT2D eigenvalue weighted by atomic mass is 19.1. The molecule has 2 rings (SSSR count). The lowest BCUT2D eigenvalue weighted by molar-refractivity contribution is 0.199. The van der Waals surface area contributed by atoms with Gasteiger partial charge in [-0.25, -0.2) is 4.39 Å². The number of rotatable bonds is 6. The smallest absolute Gasteiger partial charge is 0.146 e. The fourth-order valence-electron chi connectivity index (χ4n) is 2.28. The molecular formula is C14H21FN2O. The Balaban J connectivity index is 1.97. The molecule has 1 fully saturated rings. The summed E-state index contributed by atoms with van der Waals surface area (Å²) < 4.78 is 18.8. The number of halogens is 1. The molecule has 0 spiro atoms. The minimum absolute atomic E-state index is 0.113. The second-order valence-corrected chi connectivity index (χ2v) is 4.65. The summed E-state index contributed by atoms with van der Waals surface area (Å²) in [6.07, 6.45) is 2.32. The number of ether oxygens (including phenoxy) is 1. The number of hydrogen-bond acceptors (Lipinski definition) is 3. The summed E-state index contributed by atoms with van der Waals surface area (Å²) in [7, 11) is 1.69. The fraction of sp³-hybridized carbons (Fsp3) is 0.571. The Labute approximate surface area is 108 Å². The molecule has 1 aliphatic rings. The molecule has 0 saturated carbocycles. The van der Waals surface area contributed by atoms with Crippen LogP contribution in [0.1, 0.15) is 18.4 Å². The maximum atomic E-state index is 13.8. The standard InChI is InChI=1S/C14H21FN2O/c1-18-9-6-16-11-12-4-5-13(15)14(10-12)17-7-2-3-8-17/h4-5,10,16H,2-3,6-9,11H2,1H3. The van der Waals surface area contributed by atoms with E-state index in [4.69, 9.17) is 4.74 Å². The van der Waals surface area contributed by atoms with Crippen LogP contribution in [-0.2, 0) is 11.3 Å². The maximum absolute atomic E-state index is 13.8. The highest BCUT2D eigenvalue weighted by Crippen LogP contribution is 2.24. The van der Waals surface area contributed by atoms with E-state index >= 15 is 0 Å². The summed E-state index contributed by atoms with van der Waals surface area (Å²) in [4.78, 5) is 2.13. The van der Waals surface area contributed by atoms with E-state index in [-0.39, 0.29) is 5.82 Å². The van der Waals surface area contributed by atoms with Crippen LogP contribution in [0, 0.1) is 5.82 Å². The molecule has 3 nitrogen and oxygen atoms in total. The van der Waals surface area contributed by atoms with Gasteiger partial charge in [0.2, 0.25) is 0 Å². The van der Waals surface area contributed by atoms with Crippen molar-refractivity contribution in [2.75, 3.05) is 38.3 Å². The normalized spacial score (nSPS) is 15.3. The lowest BCUT2D eigenvalue weighted by atomic mass is 10.1. The van der Waals surface area contributed by atoms with Crippen LogP contribution in [0.2, 0.25) is 0 Å². The highest BCUT2D eigenvalue weighted by Gasteiger charge is 2.16. The number of benzene rings is 1. The van der Waals surface area contributed by atoms with Crippen LogP contribution in [0.3, 0.4) is 0 Å². The summed E-state index contributed by atoms with van der Waals surface area (Å²) in [5.74, 6) is -0.113. The van der Waals surface area contributed by atoms with Gasteiger partial charge in [-0.05, 0) is 30.5 Å². The van der Waals surface area contributed by atoms with Crippen molar-refractivity contribution < 1.29 is 9.13 Å². The third kappa shape index (κ3) is 3.43. The highest BCUT2D eigenvalue weighted by molar-refractivity contribution is 5.50. The first-order valence-electron chi connectivity index (χ1n) is 6.54. The summed E-state index contributed by atoms with van der Waals surface area (Å²) in [5.41, 5.74) is 1.87. The molecule has 100 valence electrons. The molecule has 0 unspecified atom stereocenters. The molecule has 0 aromatic heterocycles. The van der Waals surface area contributed by atoms with Crippen LogP contribution < -0.4 is 10.2 Å². The van der Waals surface area contributed by atoms with E-state index in [1.54, 1.807) is 13.2 Å². The zero-order valence-corrected chi connectivity index (χ0v) is 10.9. The molecule has 1 aromatic carbocycles. The van der Waals surface area contributed by atoms with Gasteiger partial charge in [0, 0.05) is 33.3 Å². The van der Waals surface area contributed by atoms with E-state index < -0.39 is 0 Å². The summed E-state index contributed by atoms with van der Waals surface area (Å²) in [5, 5.41) is 3.27. The molecule has 0 bridgehead atoms. The molecule has 18 heavy (non-hydrogen) atoms. The Kier molecular flexibility index (Phi) is 4.96. The van der Waals surface area contributed by atoms with Gasteiger partial charge in [0.25, 0.3) is 0 Å². The molecule has 0 radical (unpaired) electrons. The van der Waals surface area contributed by atoms with Crippen LogP contribution in [0.4, 0.5) is 10.1 Å². The van der Waals surface area contributed by atoms with Crippen molar-refractivity contribution in [1.29, 1.82) is 0 Å². The monoisotopic (exact) mass is 252 g/mol. The summed E-state index contributed by atoms with van der Waals surface area (Å²) >= 11 is 0. The fourth-order valence-corrected chi connectivity index (χ4v) is 2.28. The van der Waals surface area contributed by atoms with Gasteiger partial charge in [-0.15, -0.1) is 0 Å². The minimum Gasteiger partial charge on any atom is -0.383 e. The first-order chi connectivity index (χ1) is 8.81. The van der Waals surface area contributed by atoms with Gasteiger partial charge in [-0.1, -0.05) is 6.07 Å². The van der Waals surface area contributed by atoms with E-state index in [0.717, 1.165) is 50.3 Å². The summed E-state index contributed by atoms with van der Waals surface area (Å²) in [6, 6.07) is 5.37. The van der Waals surface area contributed by atoms with Crippen molar-refractivity contribution in [3.05, 3.63) is 29.6 Å². The van der Waals surface area contributed by atoms with Gasteiger partial charge in [-0.2, -0.15) is 0 Å². The SMILES string of the molecule is COCCNCc1ccc(F)c(N2CCCC2)c1. The molecule has 1 N–H and O–H groups in total. The van der Waals surface area contributed by atoms with E-state index in [9.17, 15) is 4.39 Å². The number of hydrogen-bond donors (Lipinski definition) is 1. The van der Waals surface area contributed by atoms with Crippen molar-refractivity contribution in [3.8, 4) is 0 Å². The number of methoxy groups -OCH3 is 1. The predicted molar refractivity (Wildman–Crippen MR) is 71.4 cm³/mol. The minimum atomic E-state index is -0.113. The third-order valence-corrected chi connectivity index (χ3v) is 3.27. The number of anilines is 1. The largest absolute Gasteiger partial charge is 0.383 e. The van der Waals surface area contributed by atoms with Crippen LogP contribution in [-0.4, -0.2) is 33.4 Å². The molecule has 1 heterocycles. The lowest BCUT2D eigenvalue weighted by Gasteiger charge is -2.19. The topological polar surface area (TPSA) is 24.5 Å². The van der Waals surface area contributed by atoms with E-state index in [0.29, 0.717) is 6.61 Å². The maximum Gasteiger partial charge on any atom is 0.146 e. The quantitative estimate of drug-likeness (QED) is 0.785. The first kappa shape index (κ1) is 13.3. The lowest BCUT2D eigenvalue weighted by Crippen LogP contribution is -2.21. The predicted octanol–water partition coefficient (Wildman–Crippen LogP) is 2.16. The van der Waals surface area contributed by atoms with E-state index in [1.807, 2.05) is 12.1 Å². The van der Waals surface area contributed by atoms with E-state index in [2.05, 4.69) is 10.2 Å². The molecule has 1 aromatic rings.